The zero-order valence-electron chi connectivity index (χ0n) is 11.0. The minimum atomic E-state index is 0.522. The smallest absolute Gasteiger partial charge is 0.0426 e. The van der Waals surface area contributed by atoms with Crippen LogP contribution >= 0.6 is 27.5 Å². The molecule has 0 amide bonds. The Morgan fingerprint density at radius 1 is 1.39 bits per heavy atom. The first-order valence-corrected chi connectivity index (χ1v) is 7.91. The Hall–Kier alpha value is -0.250. The highest BCUT2D eigenvalue weighted by Gasteiger charge is 2.21. The van der Waals surface area contributed by atoms with Crippen LogP contribution in [0.3, 0.4) is 0 Å². The average Bonchev–Trinajstić information content (AvgIpc) is 2.50. The minimum Gasteiger partial charge on any atom is -0.367 e. The Kier molecular flexibility index (Phi) is 4.93. The van der Waals surface area contributed by atoms with Crippen LogP contribution in [-0.4, -0.2) is 37.6 Å². The van der Waals surface area contributed by atoms with Gasteiger partial charge in [0.1, 0.15) is 0 Å². The number of likely N-dealkylation sites (N-methyl/N-ethyl adjacent to an activating group) is 1. The maximum absolute atomic E-state index is 6.16. The van der Waals surface area contributed by atoms with Gasteiger partial charge in [-0.15, -0.1) is 0 Å². The van der Waals surface area contributed by atoms with Crippen molar-refractivity contribution in [3.05, 3.63) is 28.8 Å². The molecule has 1 aromatic rings. The van der Waals surface area contributed by atoms with Crippen molar-refractivity contribution < 1.29 is 0 Å². The fourth-order valence-electron chi connectivity index (χ4n) is 2.65. The molecule has 1 aromatic carbocycles. The monoisotopic (exact) mass is 330 g/mol. The van der Waals surface area contributed by atoms with Crippen LogP contribution in [-0.2, 0) is 5.33 Å². The number of halogens is 2. The third-order valence-corrected chi connectivity index (χ3v) is 4.39. The van der Waals surface area contributed by atoms with Gasteiger partial charge in [0.15, 0.2) is 0 Å². The van der Waals surface area contributed by atoms with E-state index in [9.17, 15) is 0 Å². The van der Waals surface area contributed by atoms with E-state index >= 15 is 0 Å². The molecule has 0 radical (unpaired) electrons. The number of hydrogen-bond donors (Lipinski definition) is 0. The van der Waals surface area contributed by atoms with Crippen LogP contribution in [0.5, 0.6) is 0 Å². The van der Waals surface area contributed by atoms with Crippen molar-refractivity contribution in [2.24, 2.45) is 0 Å². The Labute approximate surface area is 123 Å². The van der Waals surface area contributed by atoms with E-state index < -0.39 is 0 Å². The van der Waals surface area contributed by atoms with Crippen molar-refractivity contribution in [3.63, 3.8) is 0 Å². The normalized spacial score (nSPS) is 22.0. The number of alkyl halides is 1. The van der Waals surface area contributed by atoms with Crippen molar-refractivity contribution >= 4 is 33.2 Å². The topological polar surface area (TPSA) is 6.48 Å². The van der Waals surface area contributed by atoms with E-state index in [4.69, 9.17) is 11.6 Å². The van der Waals surface area contributed by atoms with Gasteiger partial charge in [0.2, 0.25) is 0 Å². The van der Waals surface area contributed by atoms with Crippen molar-refractivity contribution in [1.29, 1.82) is 0 Å². The first-order valence-electron chi connectivity index (χ1n) is 6.41. The van der Waals surface area contributed by atoms with Crippen LogP contribution in [0.15, 0.2) is 18.2 Å². The third kappa shape index (κ3) is 3.19. The van der Waals surface area contributed by atoms with Crippen LogP contribution < -0.4 is 4.90 Å². The third-order valence-electron chi connectivity index (χ3n) is 3.55. The molecule has 2 rings (SSSR count). The second-order valence-corrected chi connectivity index (χ2v) is 6.06. The first-order chi connectivity index (χ1) is 8.61. The molecule has 0 aliphatic carbocycles. The molecule has 0 saturated carbocycles. The van der Waals surface area contributed by atoms with E-state index in [2.05, 4.69) is 51.8 Å². The Bertz CT molecular complexity index is 411. The van der Waals surface area contributed by atoms with E-state index in [1.807, 2.05) is 6.07 Å². The SMILES string of the molecule is CC1CN(C)CCCN1c1cc(Cl)ccc1CBr. The van der Waals surface area contributed by atoms with Crippen LogP contribution in [0.4, 0.5) is 5.69 Å². The molecule has 0 aromatic heterocycles. The van der Waals surface area contributed by atoms with Gasteiger partial charge in [-0.1, -0.05) is 33.6 Å². The lowest BCUT2D eigenvalue weighted by molar-refractivity contribution is 0.337. The molecule has 0 N–H and O–H groups in total. The number of nitrogens with zero attached hydrogens (tertiary/aromatic N) is 2. The molecular formula is C14H20BrClN2. The van der Waals surface area contributed by atoms with Gasteiger partial charge in [0.25, 0.3) is 0 Å². The average molecular weight is 332 g/mol. The summed E-state index contributed by atoms with van der Waals surface area (Å²) in [5, 5.41) is 1.69. The molecular weight excluding hydrogens is 312 g/mol. The fraction of sp³-hybridized carbons (Fsp3) is 0.571. The Morgan fingerprint density at radius 3 is 2.89 bits per heavy atom. The summed E-state index contributed by atoms with van der Waals surface area (Å²) in [5.41, 5.74) is 2.60. The highest BCUT2D eigenvalue weighted by atomic mass is 79.9. The van der Waals surface area contributed by atoms with Gasteiger partial charge in [-0.3, -0.25) is 0 Å². The summed E-state index contributed by atoms with van der Waals surface area (Å²) in [5.74, 6) is 0. The van der Waals surface area contributed by atoms with Gasteiger partial charge in [0.05, 0.1) is 0 Å². The van der Waals surface area contributed by atoms with Crippen molar-refractivity contribution in [2.45, 2.75) is 24.7 Å². The Morgan fingerprint density at radius 2 is 2.17 bits per heavy atom. The standard InChI is InChI=1S/C14H20BrClN2/c1-11-10-17(2)6-3-7-18(11)14-8-13(16)5-4-12(14)9-15/h4-5,8,11H,3,6-7,9-10H2,1-2H3. The summed E-state index contributed by atoms with van der Waals surface area (Å²) < 4.78 is 0. The fourth-order valence-corrected chi connectivity index (χ4v) is 3.29. The van der Waals surface area contributed by atoms with Gasteiger partial charge in [-0.05, 0) is 44.6 Å². The molecule has 18 heavy (non-hydrogen) atoms. The molecule has 1 aliphatic rings. The molecule has 1 saturated heterocycles. The molecule has 0 spiro atoms. The number of rotatable bonds is 2. The molecule has 1 atom stereocenters. The quantitative estimate of drug-likeness (QED) is 0.761. The van der Waals surface area contributed by atoms with E-state index in [-0.39, 0.29) is 0 Å². The Balaban J connectivity index is 2.31. The van der Waals surface area contributed by atoms with Crippen LogP contribution in [0.1, 0.15) is 18.9 Å². The van der Waals surface area contributed by atoms with Gasteiger partial charge < -0.3 is 9.80 Å². The van der Waals surface area contributed by atoms with E-state index in [1.54, 1.807) is 0 Å². The first kappa shape index (κ1) is 14.2. The zero-order chi connectivity index (χ0) is 13.1. The molecule has 1 aliphatic heterocycles. The van der Waals surface area contributed by atoms with Crippen molar-refractivity contribution in [1.82, 2.24) is 4.90 Å². The molecule has 0 bridgehead atoms. The zero-order valence-corrected chi connectivity index (χ0v) is 13.3. The lowest BCUT2D eigenvalue weighted by Gasteiger charge is -2.31. The van der Waals surface area contributed by atoms with Crippen LogP contribution in [0.25, 0.3) is 0 Å². The minimum absolute atomic E-state index is 0.522. The molecule has 2 nitrogen and oxygen atoms in total. The molecule has 1 fully saturated rings. The summed E-state index contributed by atoms with van der Waals surface area (Å²) >= 11 is 9.73. The van der Waals surface area contributed by atoms with E-state index in [0.29, 0.717) is 6.04 Å². The molecule has 4 heteroatoms. The summed E-state index contributed by atoms with van der Waals surface area (Å²) in [6, 6.07) is 6.71. The lowest BCUT2D eigenvalue weighted by Crippen LogP contribution is -2.38. The molecule has 100 valence electrons. The largest absolute Gasteiger partial charge is 0.367 e. The van der Waals surface area contributed by atoms with Crippen LogP contribution in [0.2, 0.25) is 5.02 Å². The van der Waals surface area contributed by atoms with E-state index in [1.165, 1.54) is 24.2 Å². The number of benzene rings is 1. The highest BCUT2D eigenvalue weighted by molar-refractivity contribution is 9.08. The highest BCUT2D eigenvalue weighted by Crippen LogP contribution is 2.29. The van der Waals surface area contributed by atoms with E-state index in [0.717, 1.165) is 23.4 Å². The lowest BCUT2D eigenvalue weighted by atomic mass is 10.1. The predicted molar refractivity (Wildman–Crippen MR) is 83.0 cm³/mol. The van der Waals surface area contributed by atoms with Crippen molar-refractivity contribution in [2.75, 3.05) is 31.6 Å². The maximum atomic E-state index is 6.16. The van der Waals surface area contributed by atoms with Crippen LogP contribution in [0, 0.1) is 0 Å². The van der Waals surface area contributed by atoms with Gasteiger partial charge in [-0.2, -0.15) is 0 Å². The predicted octanol–water partition coefficient (Wildman–Crippen LogP) is 3.77. The molecule has 1 unspecified atom stereocenters. The van der Waals surface area contributed by atoms with Crippen molar-refractivity contribution in [3.8, 4) is 0 Å². The summed E-state index contributed by atoms with van der Waals surface area (Å²) in [7, 11) is 2.20. The molecule has 1 heterocycles. The van der Waals surface area contributed by atoms with Gasteiger partial charge in [0, 0.05) is 35.2 Å². The van der Waals surface area contributed by atoms with Gasteiger partial charge >= 0.3 is 0 Å². The maximum Gasteiger partial charge on any atom is 0.0426 e. The summed E-state index contributed by atoms with van der Waals surface area (Å²) in [6.07, 6.45) is 1.20. The summed E-state index contributed by atoms with van der Waals surface area (Å²) in [4.78, 5) is 4.90. The second-order valence-electron chi connectivity index (χ2n) is 5.06. The number of anilines is 1. The summed E-state index contributed by atoms with van der Waals surface area (Å²) in [6.45, 7) is 5.67. The number of hydrogen-bond acceptors (Lipinski definition) is 2. The second kappa shape index (κ2) is 6.27. The van der Waals surface area contributed by atoms with Gasteiger partial charge in [-0.25, -0.2) is 0 Å².